The van der Waals surface area contributed by atoms with Crippen LogP contribution >= 0.6 is 0 Å². The number of hydrogen-bond acceptors (Lipinski definition) is 13. The van der Waals surface area contributed by atoms with Crippen LogP contribution in [0.4, 0.5) is 15.3 Å². The Hall–Kier alpha value is -5.12. The van der Waals surface area contributed by atoms with Crippen molar-refractivity contribution in [2.45, 2.75) is 440 Å². The molecule has 0 spiro atoms. The number of ether oxygens (including phenoxy) is 4. The molecule has 118 heavy (non-hydrogen) atoms. The van der Waals surface area contributed by atoms with Crippen LogP contribution in [0.2, 0.25) is 0 Å². The summed E-state index contributed by atoms with van der Waals surface area (Å²) in [5.41, 5.74) is -0.0432. The summed E-state index contributed by atoms with van der Waals surface area (Å²) in [7, 11) is 4.32. The molecule has 0 aromatic heterocycles. The SMILES string of the molecule is CCCCC/C=C\C/C=C\CCCCCCCCC(CCCCCCCC/C=C\C/C=C\CCCCC)OC(=O)OCCN(CCC)CCN(C)C(C)C.CCCCC/C=C\C/C=C\CCCCCCCCC(CCCCCCCC/C=C\C/C=C\CCCCC)OC(=O)Oc1ccc([N+](=O)[O-])cc1.CCCN(CCO)CCN(C)C(C)C. The first-order chi connectivity index (χ1) is 57.6. The molecular weight excluding hydrogens is 1460 g/mol. The van der Waals surface area contributed by atoms with Gasteiger partial charge in [0.15, 0.2) is 0 Å². The van der Waals surface area contributed by atoms with Crippen molar-refractivity contribution in [3.8, 4) is 5.75 Å². The van der Waals surface area contributed by atoms with Crippen molar-refractivity contribution in [3.63, 3.8) is 0 Å². The van der Waals surface area contributed by atoms with E-state index in [1.165, 1.54) is 255 Å². The number of aliphatic hydroxyl groups excluding tert-OH is 1. The third-order valence-corrected chi connectivity index (χ3v) is 22.1. The lowest BCUT2D eigenvalue weighted by molar-refractivity contribution is -0.384. The van der Waals surface area contributed by atoms with Gasteiger partial charge in [-0.2, -0.15) is 0 Å². The minimum Gasteiger partial charge on any atom is -0.433 e. The molecule has 0 atom stereocenters. The molecule has 0 amide bonds. The van der Waals surface area contributed by atoms with Crippen molar-refractivity contribution < 1.29 is 38.6 Å². The van der Waals surface area contributed by atoms with Gasteiger partial charge in [-0.25, -0.2) is 9.59 Å². The number of aliphatic hydroxyl groups is 1. The van der Waals surface area contributed by atoms with Crippen LogP contribution in [0.15, 0.2) is 121 Å². The molecule has 0 aliphatic rings. The number of carbonyl (C=O) groups is 2. The van der Waals surface area contributed by atoms with Crippen molar-refractivity contribution in [2.75, 3.05) is 79.7 Å². The number of benzene rings is 1. The molecule has 14 nitrogen and oxygen atoms in total. The first-order valence-corrected chi connectivity index (χ1v) is 49.2. The first-order valence-electron chi connectivity index (χ1n) is 49.2. The molecule has 0 aliphatic carbocycles. The molecule has 0 aliphatic heterocycles. The summed E-state index contributed by atoms with van der Waals surface area (Å²) in [4.78, 5) is 45.3. The van der Waals surface area contributed by atoms with Crippen molar-refractivity contribution in [1.82, 2.24) is 19.6 Å². The number of nitro benzene ring substituents is 1. The van der Waals surface area contributed by atoms with Gasteiger partial charge in [-0.3, -0.25) is 19.9 Å². The van der Waals surface area contributed by atoms with E-state index in [9.17, 15) is 19.7 Å². The van der Waals surface area contributed by atoms with Crippen LogP contribution < -0.4 is 4.74 Å². The lowest BCUT2D eigenvalue weighted by Gasteiger charge is -2.27. The van der Waals surface area contributed by atoms with Crippen LogP contribution in [0.25, 0.3) is 0 Å². The summed E-state index contributed by atoms with van der Waals surface area (Å²) >= 11 is 0. The van der Waals surface area contributed by atoms with Gasteiger partial charge in [0.1, 0.15) is 24.6 Å². The van der Waals surface area contributed by atoms with E-state index in [-0.39, 0.29) is 30.3 Å². The zero-order chi connectivity index (χ0) is 86.7. The molecule has 1 aromatic rings. The number of non-ortho nitro benzene ring substituents is 1. The minimum atomic E-state index is -0.732. The Balaban J connectivity index is 0. The number of nitro groups is 1. The summed E-state index contributed by atoms with van der Waals surface area (Å²) in [6.45, 7) is 30.8. The van der Waals surface area contributed by atoms with E-state index in [2.05, 4.69) is 200 Å². The fourth-order valence-corrected chi connectivity index (χ4v) is 13.8. The van der Waals surface area contributed by atoms with Crippen molar-refractivity contribution in [1.29, 1.82) is 0 Å². The Morgan fingerprint density at radius 3 is 0.890 bits per heavy atom. The highest BCUT2D eigenvalue weighted by molar-refractivity contribution is 5.64. The smallest absolute Gasteiger partial charge is 0.433 e. The van der Waals surface area contributed by atoms with E-state index in [0.717, 1.165) is 168 Å². The number of rotatable bonds is 81. The predicted molar refractivity (Wildman–Crippen MR) is 512 cm³/mol. The molecule has 684 valence electrons. The van der Waals surface area contributed by atoms with E-state index >= 15 is 0 Å². The van der Waals surface area contributed by atoms with Gasteiger partial charge in [-0.1, -0.05) is 293 Å². The van der Waals surface area contributed by atoms with E-state index in [4.69, 9.17) is 24.1 Å². The summed E-state index contributed by atoms with van der Waals surface area (Å²) in [6, 6.07) is 6.65. The summed E-state index contributed by atoms with van der Waals surface area (Å²) in [5.74, 6) is 0.252. The third kappa shape index (κ3) is 84.5. The Morgan fingerprint density at radius 1 is 0.347 bits per heavy atom. The normalized spacial score (nSPS) is 12.2. The van der Waals surface area contributed by atoms with Gasteiger partial charge in [0.05, 0.1) is 11.5 Å². The Labute approximate surface area is 729 Å². The fraction of sp³-hybridized carbons (Fsp3) is 0.769. The molecule has 1 N–H and O–H groups in total. The van der Waals surface area contributed by atoms with E-state index in [0.29, 0.717) is 18.7 Å². The third-order valence-electron chi connectivity index (χ3n) is 22.1. The molecule has 0 saturated carbocycles. The number of carbonyl (C=O) groups excluding carboxylic acids is 2. The fourth-order valence-electron chi connectivity index (χ4n) is 13.8. The van der Waals surface area contributed by atoms with Crippen LogP contribution in [0.5, 0.6) is 5.75 Å². The van der Waals surface area contributed by atoms with Gasteiger partial charge in [0.2, 0.25) is 0 Å². The lowest BCUT2D eigenvalue weighted by Crippen LogP contribution is -2.38. The second-order valence-corrected chi connectivity index (χ2v) is 33.7. The van der Waals surface area contributed by atoms with Gasteiger partial charge in [0.25, 0.3) is 5.69 Å². The van der Waals surface area contributed by atoms with Gasteiger partial charge in [-0.15, -0.1) is 0 Å². The van der Waals surface area contributed by atoms with Gasteiger partial charge in [-0.05, 0) is 260 Å². The molecule has 1 rings (SSSR count). The van der Waals surface area contributed by atoms with Gasteiger partial charge < -0.3 is 33.9 Å². The van der Waals surface area contributed by atoms with Crippen LogP contribution in [-0.4, -0.2) is 146 Å². The molecule has 0 heterocycles. The molecular formula is C104H189N5O9. The molecule has 0 unspecified atom stereocenters. The second-order valence-electron chi connectivity index (χ2n) is 33.7. The lowest BCUT2D eigenvalue weighted by atomic mass is 10.0. The largest absolute Gasteiger partial charge is 0.514 e. The van der Waals surface area contributed by atoms with Crippen molar-refractivity contribution >= 4 is 18.0 Å². The van der Waals surface area contributed by atoms with Crippen molar-refractivity contribution in [3.05, 3.63) is 132 Å². The number of hydrogen-bond donors (Lipinski definition) is 1. The van der Waals surface area contributed by atoms with E-state index in [1.54, 1.807) is 0 Å². The zero-order valence-corrected chi connectivity index (χ0v) is 79.1. The Kier molecular flexibility index (Phi) is 90.2. The summed E-state index contributed by atoms with van der Waals surface area (Å²) < 4.78 is 22.7. The average molecular weight is 1650 g/mol. The first kappa shape index (κ1) is 115. The number of likely N-dealkylation sites (N-methyl/N-ethyl adjacent to an activating group) is 2. The average Bonchev–Trinajstić information content (AvgIpc) is 0.885. The quantitative estimate of drug-likeness (QED) is 0.0165. The Bertz CT molecular complexity index is 2440. The molecule has 14 heteroatoms. The van der Waals surface area contributed by atoms with Crippen LogP contribution in [0.1, 0.15) is 416 Å². The maximum atomic E-state index is 12.8. The topological polar surface area (TPSA) is 147 Å². The maximum absolute atomic E-state index is 12.8. The van der Waals surface area contributed by atoms with E-state index in [1.807, 2.05) is 0 Å². The summed E-state index contributed by atoms with van der Waals surface area (Å²) in [5, 5.41) is 19.8. The van der Waals surface area contributed by atoms with Crippen LogP contribution in [0, 0.1) is 10.1 Å². The number of nitrogens with zero attached hydrogens (tertiary/aromatic N) is 5. The highest BCUT2D eigenvalue weighted by Crippen LogP contribution is 2.23. The molecule has 0 fully saturated rings. The van der Waals surface area contributed by atoms with Crippen molar-refractivity contribution in [2.24, 2.45) is 0 Å². The molecule has 0 radical (unpaired) electrons. The molecule has 0 bridgehead atoms. The zero-order valence-electron chi connectivity index (χ0n) is 79.1. The Morgan fingerprint density at radius 2 is 0.619 bits per heavy atom. The molecule has 0 saturated heterocycles. The van der Waals surface area contributed by atoms with Gasteiger partial charge in [0, 0.05) is 63.5 Å². The molecule has 1 aromatic carbocycles. The number of allylic oxidation sites excluding steroid dienone is 16. The van der Waals surface area contributed by atoms with Crippen LogP contribution in [-0.2, 0) is 14.2 Å². The van der Waals surface area contributed by atoms with Crippen LogP contribution in [0.3, 0.4) is 0 Å². The minimum absolute atomic E-state index is 0.0272. The predicted octanol–water partition coefficient (Wildman–Crippen LogP) is 30.9. The standard InChI is InChI=1S/C49H92N2O3.C44H71NO5.C11H26N2O/c1-7-10-12-14-16-18-20-22-24-26-28-30-32-34-36-38-40-48(54-49(52)53-46-45-51(42-9-3)44-43-50(6)47(4)5)41-39-37-35-33-31-29-27-25-23-21-19-17-15-13-11-8-2;1-3-5-7-9-11-13-15-17-19-21-23-25-27-29-31-33-35-42(49-44(46)50-43-39-37-41(38-40-43)45(47)48)36-34-32-30-28-26-24-22-20-18-16-14-12-10-8-6-4-2;1-5-6-13(9-10-14)8-7-12(4)11(2)3/h16-19,22-25,47-48H,7-15,20-21,26-46H2,1-6H3;11-14,17-20,37-40,42H,3-10,15-16,21-36H2,1-2H3;11,14H,5-10H2,1-4H3/b18-16-,19-17-,24-22-,25-23-;13-11-,14-12-,19-17-,20-18-;. The van der Waals surface area contributed by atoms with Gasteiger partial charge >= 0.3 is 12.3 Å². The summed E-state index contributed by atoms with van der Waals surface area (Å²) in [6.07, 6.45) is 100. The second kappa shape index (κ2) is 92.6. The highest BCUT2D eigenvalue weighted by atomic mass is 16.7. The number of unbranched alkanes of at least 4 members (excludes halogenated alkanes) is 36. The maximum Gasteiger partial charge on any atom is 0.514 e. The van der Waals surface area contributed by atoms with E-state index < -0.39 is 17.2 Å². The highest BCUT2D eigenvalue weighted by Gasteiger charge is 2.19. The monoisotopic (exact) mass is 1650 g/mol.